The van der Waals surface area contributed by atoms with Gasteiger partial charge in [-0.1, -0.05) is 24.9 Å². The van der Waals surface area contributed by atoms with Crippen molar-refractivity contribution in [1.82, 2.24) is 0 Å². The van der Waals surface area contributed by atoms with Gasteiger partial charge < -0.3 is 14.6 Å². The molecule has 0 amide bonds. The fourth-order valence-electron chi connectivity index (χ4n) is 2.29. The monoisotopic (exact) mass is 429 g/mol. The minimum Gasteiger partial charge on any atom is -0.499 e. The second kappa shape index (κ2) is 9.13. The SMILES string of the molecule is CCCC(Oc1cc(Oc2ccc(C(F)(F)F)cc2Cl)ccc1C#N)C(O)=S. The zero-order valence-electron chi connectivity index (χ0n) is 14.6. The summed E-state index contributed by atoms with van der Waals surface area (Å²) in [4.78, 5) is 0. The standard InChI is InChI=1S/C19H15ClF3NO3S/c1-2-3-16(18(25)28)27-17-9-13(6-4-11(17)10-24)26-15-7-5-12(8-14(15)20)19(21,22)23/h4-9,16H,2-3H2,1H3,(H,25,28). The van der Waals surface area contributed by atoms with Crippen LogP contribution in [0.3, 0.4) is 0 Å². The summed E-state index contributed by atoms with van der Waals surface area (Å²) in [5.74, 6) is 0.320. The largest absolute Gasteiger partial charge is 0.499 e. The van der Waals surface area contributed by atoms with E-state index in [-0.39, 0.29) is 32.9 Å². The van der Waals surface area contributed by atoms with Crippen molar-refractivity contribution in [2.24, 2.45) is 0 Å². The molecule has 9 heteroatoms. The highest BCUT2D eigenvalue weighted by atomic mass is 35.5. The molecule has 0 fully saturated rings. The number of aliphatic hydroxyl groups excluding tert-OH is 1. The maximum absolute atomic E-state index is 12.7. The lowest BCUT2D eigenvalue weighted by Gasteiger charge is -2.18. The number of benzene rings is 2. The van der Waals surface area contributed by atoms with Crippen molar-refractivity contribution in [1.29, 1.82) is 5.26 Å². The van der Waals surface area contributed by atoms with Crippen LogP contribution in [-0.4, -0.2) is 16.3 Å². The lowest BCUT2D eigenvalue weighted by Crippen LogP contribution is -2.25. The van der Waals surface area contributed by atoms with Gasteiger partial charge in [0.2, 0.25) is 0 Å². The topological polar surface area (TPSA) is 62.5 Å². The molecule has 0 aliphatic heterocycles. The van der Waals surface area contributed by atoms with Crippen molar-refractivity contribution in [3.05, 3.63) is 52.5 Å². The minimum atomic E-state index is -4.52. The number of ether oxygens (including phenoxy) is 2. The van der Waals surface area contributed by atoms with Gasteiger partial charge in [-0.15, -0.1) is 0 Å². The van der Waals surface area contributed by atoms with Crippen LogP contribution in [0, 0.1) is 11.3 Å². The Morgan fingerprint density at radius 1 is 1.25 bits per heavy atom. The van der Waals surface area contributed by atoms with Crippen LogP contribution in [0.15, 0.2) is 36.4 Å². The van der Waals surface area contributed by atoms with Crippen molar-refractivity contribution < 1.29 is 27.8 Å². The fourth-order valence-corrected chi connectivity index (χ4v) is 2.68. The highest BCUT2D eigenvalue weighted by Gasteiger charge is 2.31. The maximum atomic E-state index is 12.7. The second-order valence-corrected chi connectivity index (χ2v) is 6.57. The molecule has 2 aromatic carbocycles. The number of nitriles is 1. The first kappa shape index (κ1) is 21.8. The van der Waals surface area contributed by atoms with E-state index in [1.807, 2.05) is 13.0 Å². The molecule has 0 spiro atoms. The van der Waals surface area contributed by atoms with Gasteiger partial charge in [0.1, 0.15) is 23.3 Å². The van der Waals surface area contributed by atoms with E-state index in [4.69, 9.17) is 33.3 Å². The van der Waals surface area contributed by atoms with Gasteiger partial charge in [-0.2, -0.15) is 18.4 Å². The molecule has 0 aromatic heterocycles. The quantitative estimate of drug-likeness (QED) is 0.512. The number of thiocarbonyl (C=S) groups is 1. The third-order valence-corrected chi connectivity index (χ3v) is 4.21. The number of halogens is 4. The Morgan fingerprint density at radius 2 is 1.96 bits per heavy atom. The number of rotatable bonds is 7. The molecule has 0 radical (unpaired) electrons. The van der Waals surface area contributed by atoms with Gasteiger partial charge >= 0.3 is 6.18 Å². The van der Waals surface area contributed by atoms with Gasteiger partial charge in [-0.25, -0.2) is 0 Å². The fraction of sp³-hybridized carbons (Fsp3) is 0.263. The van der Waals surface area contributed by atoms with E-state index in [0.717, 1.165) is 18.2 Å². The van der Waals surface area contributed by atoms with Gasteiger partial charge in [-0.05, 0) is 49.0 Å². The molecule has 28 heavy (non-hydrogen) atoms. The average molecular weight is 430 g/mol. The summed E-state index contributed by atoms with van der Waals surface area (Å²) in [5.41, 5.74) is -0.712. The Hall–Kier alpha value is -2.50. The van der Waals surface area contributed by atoms with E-state index in [9.17, 15) is 23.5 Å². The molecule has 0 bridgehead atoms. The van der Waals surface area contributed by atoms with Gasteiger partial charge in [0.25, 0.3) is 0 Å². The molecular formula is C19H15ClF3NO3S. The van der Waals surface area contributed by atoms with Crippen LogP contribution < -0.4 is 9.47 Å². The van der Waals surface area contributed by atoms with E-state index in [1.54, 1.807) is 0 Å². The first-order valence-corrected chi connectivity index (χ1v) is 8.92. The molecule has 1 unspecified atom stereocenters. The van der Waals surface area contributed by atoms with Crippen molar-refractivity contribution >= 4 is 28.9 Å². The van der Waals surface area contributed by atoms with E-state index in [1.165, 1.54) is 18.2 Å². The molecule has 0 heterocycles. The molecule has 148 valence electrons. The molecule has 4 nitrogen and oxygen atoms in total. The number of hydrogen-bond donors (Lipinski definition) is 1. The first-order valence-electron chi connectivity index (χ1n) is 8.14. The molecule has 0 saturated carbocycles. The summed E-state index contributed by atoms with van der Waals surface area (Å²) in [7, 11) is 0. The molecule has 1 atom stereocenters. The van der Waals surface area contributed by atoms with Gasteiger partial charge in [0.15, 0.2) is 11.2 Å². The molecule has 2 rings (SSSR count). The van der Waals surface area contributed by atoms with Gasteiger partial charge in [0, 0.05) is 6.07 Å². The molecule has 0 aliphatic carbocycles. The van der Waals surface area contributed by atoms with Crippen LogP contribution in [0.4, 0.5) is 13.2 Å². The summed E-state index contributed by atoms with van der Waals surface area (Å²) < 4.78 is 49.4. The smallest absolute Gasteiger partial charge is 0.416 e. The van der Waals surface area contributed by atoms with Crippen molar-refractivity contribution in [3.8, 4) is 23.3 Å². The zero-order valence-corrected chi connectivity index (χ0v) is 16.2. The predicted molar refractivity (Wildman–Crippen MR) is 102 cm³/mol. The second-order valence-electron chi connectivity index (χ2n) is 5.75. The van der Waals surface area contributed by atoms with Gasteiger partial charge in [-0.3, -0.25) is 0 Å². The summed E-state index contributed by atoms with van der Waals surface area (Å²) in [5, 5.41) is 18.3. The summed E-state index contributed by atoms with van der Waals surface area (Å²) in [6, 6.07) is 8.93. The molecule has 0 aliphatic rings. The van der Waals surface area contributed by atoms with Crippen LogP contribution in [0.25, 0.3) is 0 Å². The molecule has 1 N–H and O–H groups in total. The average Bonchev–Trinajstić information content (AvgIpc) is 2.62. The Kier molecular flexibility index (Phi) is 7.11. The number of nitrogens with zero attached hydrogens (tertiary/aromatic N) is 1. The van der Waals surface area contributed by atoms with Crippen LogP contribution in [0.5, 0.6) is 17.2 Å². The summed E-state index contributed by atoms with van der Waals surface area (Å²) in [6.07, 6.45) is -4.17. The number of aliphatic hydroxyl groups is 1. The zero-order chi connectivity index (χ0) is 20.9. The highest BCUT2D eigenvalue weighted by molar-refractivity contribution is 7.80. The van der Waals surface area contributed by atoms with Gasteiger partial charge in [0.05, 0.1) is 16.1 Å². The Balaban J connectivity index is 2.30. The lowest BCUT2D eigenvalue weighted by molar-refractivity contribution is -0.137. The highest BCUT2D eigenvalue weighted by Crippen LogP contribution is 2.37. The van der Waals surface area contributed by atoms with E-state index >= 15 is 0 Å². The van der Waals surface area contributed by atoms with Crippen LogP contribution in [0.2, 0.25) is 5.02 Å². The molecule has 0 saturated heterocycles. The molecular weight excluding hydrogens is 415 g/mol. The van der Waals surface area contributed by atoms with Crippen LogP contribution in [-0.2, 0) is 6.18 Å². The lowest BCUT2D eigenvalue weighted by atomic mass is 10.2. The van der Waals surface area contributed by atoms with Crippen molar-refractivity contribution in [3.63, 3.8) is 0 Å². The third kappa shape index (κ3) is 5.50. The Labute approximate surface area is 170 Å². The van der Waals surface area contributed by atoms with Crippen LogP contribution in [0.1, 0.15) is 30.9 Å². The van der Waals surface area contributed by atoms with Crippen molar-refractivity contribution in [2.45, 2.75) is 32.0 Å². The van der Waals surface area contributed by atoms with Crippen LogP contribution >= 0.6 is 23.8 Å². The Morgan fingerprint density at radius 3 is 2.50 bits per heavy atom. The third-order valence-electron chi connectivity index (χ3n) is 3.66. The maximum Gasteiger partial charge on any atom is 0.416 e. The van der Waals surface area contributed by atoms with E-state index in [0.29, 0.717) is 12.8 Å². The van der Waals surface area contributed by atoms with Crippen molar-refractivity contribution in [2.75, 3.05) is 0 Å². The van der Waals surface area contributed by atoms with E-state index in [2.05, 4.69) is 0 Å². The number of hydrogen-bond acceptors (Lipinski definition) is 4. The normalized spacial score (nSPS) is 12.1. The minimum absolute atomic E-state index is 0.00751. The summed E-state index contributed by atoms with van der Waals surface area (Å²) in [6.45, 7) is 1.88. The first-order chi connectivity index (χ1) is 13.2. The van der Waals surface area contributed by atoms with E-state index < -0.39 is 17.8 Å². The molecule has 2 aromatic rings. The Bertz CT molecular complexity index is 912. The predicted octanol–water partition coefficient (Wildman–Crippen LogP) is 6.46. The number of alkyl halides is 3. The summed E-state index contributed by atoms with van der Waals surface area (Å²) >= 11 is 10.7.